The first-order chi connectivity index (χ1) is 9.19. The maximum absolute atomic E-state index is 11.8. The molecule has 0 unspecified atom stereocenters. The molecule has 2 N–H and O–H groups in total. The van der Waals surface area contributed by atoms with Crippen LogP contribution in [0.4, 0.5) is 5.82 Å². The zero-order chi connectivity index (χ0) is 13.7. The predicted octanol–water partition coefficient (Wildman–Crippen LogP) is 3.01. The Morgan fingerprint density at radius 1 is 1.42 bits per heavy atom. The lowest BCUT2D eigenvalue weighted by molar-refractivity contribution is -0.113. The number of nitrogens with one attached hydrogen (secondary N) is 2. The number of aromatic nitrogens is 2. The van der Waals surface area contributed by atoms with E-state index in [1.54, 1.807) is 0 Å². The Morgan fingerprint density at radius 3 is 2.89 bits per heavy atom. The zero-order valence-corrected chi connectivity index (χ0v) is 11.9. The Kier molecular flexibility index (Phi) is 4.63. The molecule has 1 heterocycles. The molecule has 0 aliphatic carbocycles. The van der Waals surface area contributed by atoms with Crippen LogP contribution in [-0.2, 0) is 11.2 Å². The van der Waals surface area contributed by atoms with Gasteiger partial charge in [0.1, 0.15) is 0 Å². The van der Waals surface area contributed by atoms with Crippen LogP contribution in [-0.4, -0.2) is 21.9 Å². The topological polar surface area (TPSA) is 57.8 Å². The minimum Gasteiger partial charge on any atom is -0.308 e. The predicted molar refractivity (Wildman–Crippen MR) is 78.5 cm³/mol. The van der Waals surface area contributed by atoms with Crippen molar-refractivity contribution < 1.29 is 4.79 Å². The molecule has 1 aromatic carbocycles. The van der Waals surface area contributed by atoms with Gasteiger partial charge in [-0.3, -0.25) is 9.89 Å². The van der Waals surface area contributed by atoms with Crippen molar-refractivity contribution in [3.8, 4) is 0 Å². The number of aromatic amines is 1. The van der Waals surface area contributed by atoms with Crippen molar-refractivity contribution in [1.82, 2.24) is 10.2 Å². The lowest BCUT2D eigenvalue weighted by atomic mass is 10.2. The summed E-state index contributed by atoms with van der Waals surface area (Å²) in [5.74, 6) is 0.939. The van der Waals surface area contributed by atoms with E-state index in [1.165, 1.54) is 17.3 Å². The molecule has 2 rings (SSSR count). The molecule has 19 heavy (non-hydrogen) atoms. The van der Waals surface area contributed by atoms with Crippen molar-refractivity contribution in [2.75, 3.05) is 11.1 Å². The number of thioether (sulfide) groups is 1. The number of amides is 1. The molecule has 100 valence electrons. The van der Waals surface area contributed by atoms with E-state index in [2.05, 4.69) is 15.5 Å². The van der Waals surface area contributed by atoms with Crippen LogP contribution in [0.15, 0.2) is 35.2 Å². The van der Waals surface area contributed by atoms with E-state index < -0.39 is 0 Å². The molecule has 5 heteroatoms. The fourth-order valence-corrected chi connectivity index (χ4v) is 2.48. The quantitative estimate of drug-likeness (QED) is 0.825. The van der Waals surface area contributed by atoms with Gasteiger partial charge in [0.15, 0.2) is 5.82 Å². The average molecular weight is 275 g/mol. The summed E-state index contributed by atoms with van der Waals surface area (Å²) in [6.07, 6.45) is 0.876. The van der Waals surface area contributed by atoms with Crippen LogP contribution in [0.1, 0.15) is 18.2 Å². The van der Waals surface area contributed by atoms with Gasteiger partial charge in [-0.2, -0.15) is 5.10 Å². The van der Waals surface area contributed by atoms with Gasteiger partial charge in [-0.25, -0.2) is 0 Å². The number of carbonyl (C=O) groups excluding carboxylic acids is 1. The number of H-pyrrole nitrogens is 1. The third-order valence-corrected chi connectivity index (χ3v) is 3.91. The van der Waals surface area contributed by atoms with Crippen LogP contribution >= 0.6 is 11.8 Å². The summed E-state index contributed by atoms with van der Waals surface area (Å²) in [4.78, 5) is 12.9. The van der Waals surface area contributed by atoms with Crippen molar-refractivity contribution in [3.63, 3.8) is 0 Å². The normalized spacial score (nSPS) is 10.4. The third kappa shape index (κ3) is 3.86. The fraction of sp³-hybridized carbons (Fsp3) is 0.286. The van der Waals surface area contributed by atoms with Crippen molar-refractivity contribution >= 4 is 23.5 Å². The van der Waals surface area contributed by atoms with Gasteiger partial charge in [0.05, 0.1) is 5.75 Å². The first-order valence-corrected chi connectivity index (χ1v) is 7.20. The molecule has 0 bridgehead atoms. The number of rotatable bonds is 5. The van der Waals surface area contributed by atoms with Crippen LogP contribution in [0, 0.1) is 6.92 Å². The summed E-state index contributed by atoms with van der Waals surface area (Å²) >= 11 is 1.54. The maximum Gasteiger partial charge on any atom is 0.235 e. The molecule has 0 saturated heterocycles. The Morgan fingerprint density at radius 2 is 2.21 bits per heavy atom. The maximum atomic E-state index is 11.8. The molecular formula is C14H17N3OS. The molecule has 0 radical (unpaired) electrons. The van der Waals surface area contributed by atoms with Gasteiger partial charge in [-0.15, -0.1) is 11.8 Å². The highest BCUT2D eigenvalue weighted by Crippen LogP contribution is 2.21. The summed E-state index contributed by atoms with van der Waals surface area (Å²) in [6, 6.07) is 9.90. The fourth-order valence-electron chi connectivity index (χ4n) is 1.65. The summed E-state index contributed by atoms with van der Waals surface area (Å²) in [7, 11) is 0. The molecule has 0 fully saturated rings. The molecule has 0 spiro atoms. The average Bonchev–Trinajstić information content (AvgIpc) is 2.85. The van der Waals surface area contributed by atoms with Crippen molar-refractivity contribution in [2.45, 2.75) is 25.2 Å². The zero-order valence-electron chi connectivity index (χ0n) is 11.1. The molecule has 4 nitrogen and oxygen atoms in total. The highest BCUT2D eigenvalue weighted by Gasteiger charge is 2.07. The van der Waals surface area contributed by atoms with Crippen LogP contribution < -0.4 is 5.32 Å². The van der Waals surface area contributed by atoms with Crippen molar-refractivity contribution in [1.29, 1.82) is 0 Å². The monoisotopic (exact) mass is 275 g/mol. The van der Waals surface area contributed by atoms with Crippen LogP contribution in [0.5, 0.6) is 0 Å². The lowest BCUT2D eigenvalue weighted by Crippen LogP contribution is -2.14. The molecule has 0 aliphatic heterocycles. The van der Waals surface area contributed by atoms with E-state index in [4.69, 9.17) is 0 Å². The molecule has 0 atom stereocenters. The number of nitrogens with zero attached hydrogens (tertiary/aromatic N) is 1. The number of benzene rings is 1. The summed E-state index contributed by atoms with van der Waals surface area (Å²) in [5.41, 5.74) is 2.20. The standard InChI is InChI=1S/C14H17N3OS/c1-3-11-8-13(17-16-11)15-14(18)9-19-12-7-5-4-6-10(12)2/h4-8H,3,9H2,1-2H3,(H2,15,16,17,18). The third-order valence-electron chi connectivity index (χ3n) is 2.73. The molecule has 0 saturated carbocycles. The first-order valence-electron chi connectivity index (χ1n) is 6.21. The number of hydrogen-bond acceptors (Lipinski definition) is 3. The Bertz CT molecular complexity index is 565. The SMILES string of the molecule is CCc1cc(NC(=O)CSc2ccccc2C)n[nH]1. The number of anilines is 1. The van der Waals surface area contributed by atoms with Gasteiger partial charge >= 0.3 is 0 Å². The van der Waals surface area contributed by atoms with E-state index >= 15 is 0 Å². The summed E-state index contributed by atoms with van der Waals surface area (Å²) in [6.45, 7) is 4.08. The highest BCUT2D eigenvalue weighted by atomic mass is 32.2. The molecular weight excluding hydrogens is 258 g/mol. The second-order valence-electron chi connectivity index (χ2n) is 4.23. The van der Waals surface area contributed by atoms with Gasteiger partial charge in [0.2, 0.25) is 5.91 Å². The van der Waals surface area contributed by atoms with E-state index in [-0.39, 0.29) is 5.91 Å². The van der Waals surface area contributed by atoms with Gasteiger partial charge in [-0.05, 0) is 25.0 Å². The van der Waals surface area contributed by atoms with Crippen molar-refractivity contribution in [2.24, 2.45) is 0 Å². The molecule has 1 amide bonds. The van der Waals surface area contributed by atoms with E-state index in [1.807, 2.05) is 44.2 Å². The minimum atomic E-state index is -0.0394. The summed E-state index contributed by atoms with van der Waals surface area (Å²) in [5, 5.41) is 9.69. The van der Waals surface area contributed by atoms with Gasteiger partial charge in [-0.1, -0.05) is 25.1 Å². The number of carbonyl (C=O) groups is 1. The Balaban J connectivity index is 1.86. The minimum absolute atomic E-state index is 0.0394. The second-order valence-corrected chi connectivity index (χ2v) is 5.25. The van der Waals surface area contributed by atoms with Crippen molar-refractivity contribution in [3.05, 3.63) is 41.6 Å². The Labute approximate surface area is 117 Å². The van der Waals surface area contributed by atoms with E-state index in [0.717, 1.165) is 17.0 Å². The van der Waals surface area contributed by atoms with Crippen LogP contribution in [0.3, 0.4) is 0 Å². The smallest absolute Gasteiger partial charge is 0.235 e. The van der Waals surface area contributed by atoms with Gasteiger partial charge < -0.3 is 5.32 Å². The van der Waals surface area contributed by atoms with Crippen LogP contribution in [0.25, 0.3) is 0 Å². The van der Waals surface area contributed by atoms with E-state index in [0.29, 0.717) is 11.6 Å². The largest absolute Gasteiger partial charge is 0.308 e. The number of hydrogen-bond donors (Lipinski definition) is 2. The second kappa shape index (κ2) is 6.43. The van der Waals surface area contributed by atoms with Gasteiger partial charge in [0.25, 0.3) is 0 Å². The molecule has 2 aromatic rings. The van der Waals surface area contributed by atoms with E-state index in [9.17, 15) is 4.79 Å². The van der Waals surface area contributed by atoms with Crippen LogP contribution in [0.2, 0.25) is 0 Å². The lowest BCUT2D eigenvalue weighted by Gasteiger charge is -2.04. The first kappa shape index (κ1) is 13.7. The van der Waals surface area contributed by atoms with Gasteiger partial charge in [0, 0.05) is 16.7 Å². The highest BCUT2D eigenvalue weighted by molar-refractivity contribution is 8.00. The molecule has 0 aliphatic rings. The Hall–Kier alpha value is -1.75. The summed E-state index contributed by atoms with van der Waals surface area (Å²) < 4.78 is 0. The molecule has 1 aromatic heterocycles. The number of aryl methyl sites for hydroxylation is 2.